The van der Waals surface area contributed by atoms with Crippen LogP contribution in [-0.2, 0) is 4.79 Å². The molecule has 1 saturated carbocycles. The summed E-state index contributed by atoms with van der Waals surface area (Å²) in [6, 6.07) is 0. The van der Waals surface area contributed by atoms with Crippen molar-refractivity contribution in [2.45, 2.75) is 32.4 Å². The first-order valence-electron chi connectivity index (χ1n) is 4.58. The normalized spacial score (nSPS) is 28.9. The topological polar surface area (TPSA) is 37.3 Å². The van der Waals surface area contributed by atoms with Crippen LogP contribution >= 0.6 is 0 Å². The number of halogens is 5. The van der Waals surface area contributed by atoms with Crippen LogP contribution in [0.1, 0.15) is 20.3 Å². The molecule has 0 spiro atoms. The Morgan fingerprint density at radius 1 is 1.25 bits per heavy atom. The molecule has 1 aliphatic rings. The minimum absolute atomic E-state index is 0.999. The van der Waals surface area contributed by atoms with E-state index >= 15 is 0 Å². The highest BCUT2D eigenvalue weighted by molar-refractivity contribution is 5.75. The van der Waals surface area contributed by atoms with E-state index in [9.17, 15) is 26.7 Å². The van der Waals surface area contributed by atoms with Gasteiger partial charge in [-0.1, -0.05) is 13.8 Å². The zero-order chi connectivity index (χ0) is 12.9. The lowest BCUT2D eigenvalue weighted by Crippen LogP contribution is -2.37. The number of hydrogen-bond donors (Lipinski definition) is 1. The fourth-order valence-electron chi connectivity index (χ4n) is 2.01. The number of hydrogen-bond acceptors (Lipinski definition) is 1. The highest BCUT2D eigenvalue weighted by atomic mass is 19.4. The molecule has 0 aromatic heterocycles. The SMILES string of the molecule is CC1(C)[C@@H](CC(F)(F)C(F)(F)F)[C@@H]1C(=O)O. The molecule has 0 aromatic rings. The maximum absolute atomic E-state index is 12.7. The first-order valence-corrected chi connectivity index (χ1v) is 4.58. The summed E-state index contributed by atoms with van der Waals surface area (Å²) in [5.74, 6) is -8.41. The third-order valence-corrected chi connectivity index (χ3v) is 3.21. The molecule has 1 aliphatic carbocycles. The molecule has 16 heavy (non-hydrogen) atoms. The van der Waals surface area contributed by atoms with Crippen molar-refractivity contribution in [3.63, 3.8) is 0 Å². The van der Waals surface area contributed by atoms with Crippen LogP contribution in [-0.4, -0.2) is 23.2 Å². The largest absolute Gasteiger partial charge is 0.481 e. The average Bonchev–Trinajstić information content (AvgIpc) is 2.49. The van der Waals surface area contributed by atoms with E-state index in [2.05, 4.69) is 0 Å². The summed E-state index contributed by atoms with van der Waals surface area (Å²) < 4.78 is 61.1. The van der Waals surface area contributed by atoms with Crippen LogP contribution < -0.4 is 0 Å². The second-order valence-electron chi connectivity index (χ2n) is 4.65. The van der Waals surface area contributed by atoms with E-state index in [1.54, 1.807) is 0 Å². The predicted octanol–water partition coefficient (Wildman–Crippen LogP) is 2.93. The van der Waals surface area contributed by atoms with Gasteiger partial charge in [0.15, 0.2) is 0 Å². The number of rotatable bonds is 3. The van der Waals surface area contributed by atoms with Crippen molar-refractivity contribution in [3.05, 3.63) is 0 Å². The van der Waals surface area contributed by atoms with Gasteiger partial charge >= 0.3 is 18.1 Å². The second-order valence-corrected chi connectivity index (χ2v) is 4.65. The molecule has 0 aliphatic heterocycles. The maximum Gasteiger partial charge on any atom is 0.453 e. The Morgan fingerprint density at radius 3 is 1.94 bits per heavy atom. The molecule has 0 bridgehead atoms. The molecule has 1 fully saturated rings. The van der Waals surface area contributed by atoms with E-state index < -0.39 is 41.7 Å². The van der Waals surface area contributed by atoms with Crippen molar-refractivity contribution in [2.24, 2.45) is 17.3 Å². The quantitative estimate of drug-likeness (QED) is 0.777. The van der Waals surface area contributed by atoms with E-state index in [1.165, 1.54) is 13.8 Å². The molecule has 1 rings (SSSR count). The number of carboxylic acid groups (broad SMARTS) is 1. The lowest BCUT2D eigenvalue weighted by molar-refractivity contribution is -0.286. The second kappa shape index (κ2) is 3.30. The van der Waals surface area contributed by atoms with Crippen molar-refractivity contribution in [1.82, 2.24) is 0 Å². The van der Waals surface area contributed by atoms with E-state index in [-0.39, 0.29) is 0 Å². The van der Waals surface area contributed by atoms with E-state index in [0.29, 0.717) is 0 Å². The lowest BCUT2D eigenvalue weighted by atomic mass is 10.0. The van der Waals surface area contributed by atoms with Crippen molar-refractivity contribution in [3.8, 4) is 0 Å². The van der Waals surface area contributed by atoms with Gasteiger partial charge in [-0.2, -0.15) is 22.0 Å². The van der Waals surface area contributed by atoms with Gasteiger partial charge in [0.2, 0.25) is 0 Å². The Balaban J connectivity index is 2.75. The van der Waals surface area contributed by atoms with E-state index in [4.69, 9.17) is 5.11 Å². The van der Waals surface area contributed by atoms with Gasteiger partial charge in [-0.15, -0.1) is 0 Å². The van der Waals surface area contributed by atoms with Crippen molar-refractivity contribution in [1.29, 1.82) is 0 Å². The van der Waals surface area contributed by atoms with Crippen LogP contribution in [0, 0.1) is 17.3 Å². The van der Waals surface area contributed by atoms with Crippen molar-refractivity contribution < 1.29 is 31.9 Å². The highest BCUT2D eigenvalue weighted by Crippen LogP contribution is 2.63. The first-order chi connectivity index (χ1) is 6.91. The summed E-state index contributed by atoms with van der Waals surface area (Å²) in [5, 5.41) is 8.63. The summed E-state index contributed by atoms with van der Waals surface area (Å²) >= 11 is 0. The molecule has 2 atom stereocenters. The maximum atomic E-state index is 12.7. The minimum atomic E-state index is -5.62. The van der Waals surface area contributed by atoms with Crippen molar-refractivity contribution >= 4 is 5.97 Å². The summed E-state index contributed by atoms with van der Waals surface area (Å²) in [7, 11) is 0. The third-order valence-electron chi connectivity index (χ3n) is 3.21. The van der Waals surface area contributed by atoms with Crippen molar-refractivity contribution in [2.75, 3.05) is 0 Å². The number of carboxylic acids is 1. The molecule has 0 amide bonds. The van der Waals surface area contributed by atoms with Gasteiger partial charge < -0.3 is 5.11 Å². The summed E-state index contributed by atoms with van der Waals surface area (Å²) in [5.41, 5.74) is -0.999. The summed E-state index contributed by atoms with van der Waals surface area (Å²) in [4.78, 5) is 10.6. The molecule has 2 nitrogen and oxygen atoms in total. The van der Waals surface area contributed by atoms with Gasteiger partial charge in [-0.05, 0) is 11.3 Å². The molecule has 94 valence electrons. The van der Waals surface area contributed by atoms with Gasteiger partial charge in [0.1, 0.15) is 0 Å². The zero-order valence-electron chi connectivity index (χ0n) is 8.61. The Kier molecular flexibility index (Phi) is 2.72. The third kappa shape index (κ3) is 1.99. The molecule has 7 heteroatoms. The summed E-state index contributed by atoms with van der Waals surface area (Å²) in [6.45, 7) is 2.76. The Hall–Kier alpha value is -0.880. The molecular weight excluding hydrogens is 235 g/mol. The van der Waals surface area contributed by atoms with Gasteiger partial charge in [0.25, 0.3) is 0 Å². The molecule has 0 saturated heterocycles. The Morgan fingerprint density at radius 2 is 1.69 bits per heavy atom. The number of alkyl halides is 5. The standard InChI is InChI=1S/C9H11F5O2/c1-7(2)4(5(7)6(15)16)3-8(10,11)9(12,13)14/h4-5H,3H2,1-2H3,(H,15,16)/t4-,5+/m0/s1. The van der Waals surface area contributed by atoms with Crippen LogP contribution in [0.3, 0.4) is 0 Å². The fraction of sp³-hybridized carbons (Fsp3) is 0.889. The Labute approximate surface area is 88.4 Å². The predicted molar refractivity (Wildman–Crippen MR) is 44.0 cm³/mol. The Bertz CT molecular complexity index is 308. The van der Waals surface area contributed by atoms with Crippen LogP contribution in [0.15, 0.2) is 0 Å². The molecular formula is C9H11F5O2. The molecule has 0 unspecified atom stereocenters. The van der Waals surface area contributed by atoms with Crippen LogP contribution in [0.2, 0.25) is 0 Å². The zero-order valence-corrected chi connectivity index (χ0v) is 8.61. The van der Waals surface area contributed by atoms with Crippen LogP contribution in [0.25, 0.3) is 0 Å². The van der Waals surface area contributed by atoms with Gasteiger partial charge in [-0.3, -0.25) is 4.79 Å². The summed E-state index contributed by atoms with van der Waals surface area (Å²) in [6.07, 6.45) is -7.07. The monoisotopic (exact) mass is 246 g/mol. The smallest absolute Gasteiger partial charge is 0.453 e. The lowest BCUT2D eigenvalue weighted by Gasteiger charge is -2.19. The molecule has 1 N–H and O–H groups in total. The highest BCUT2D eigenvalue weighted by Gasteiger charge is 2.68. The van der Waals surface area contributed by atoms with Gasteiger partial charge in [0.05, 0.1) is 5.92 Å². The molecule has 0 radical (unpaired) electrons. The van der Waals surface area contributed by atoms with Gasteiger partial charge in [0, 0.05) is 6.42 Å². The first kappa shape index (κ1) is 13.2. The number of aliphatic carboxylic acids is 1. The minimum Gasteiger partial charge on any atom is -0.481 e. The van der Waals surface area contributed by atoms with E-state index in [0.717, 1.165) is 0 Å². The number of carbonyl (C=O) groups is 1. The average molecular weight is 246 g/mol. The van der Waals surface area contributed by atoms with Crippen LogP contribution in [0.5, 0.6) is 0 Å². The molecule has 0 aromatic carbocycles. The van der Waals surface area contributed by atoms with E-state index in [1.807, 2.05) is 0 Å². The molecule has 0 heterocycles. The van der Waals surface area contributed by atoms with Gasteiger partial charge in [-0.25, -0.2) is 0 Å². The van der Waals surface area contributed by atoms with Crippen LogP contribution in [0.4, 0.5) is 22.0 Å². The fourth-order valence-corrected chi connectivity index (χ4v) is 2.01.